The molecule has 0 fully saturated rings. The van der Waals surface area contributed by atoms with Gasteiger partial charge in [-0.3, -0.25) is 19.2 Å². The van der Waals surface area contributed by atoms with Crippen LogP contribution in [0.1, 0.15) is 13.3 Å². The zero-order valence-corrected chi connectivity index (χ0v) is 14.0. The second kappa shape index (κ2) is 11.0. The number of carbonyl (C=O) groups is 5. The van der Waals surface area contributed by atoms with Crippen molar-refractivity contribution >= 4 is 29.6 Å². The number of nitrogens with one attached hydrogen (secondary N) is 3. The van der Waals surface area contributed by atoms with Gasteiger partial charge in [-0.1, -0.05) is 0 Å². The van der Waals surface area contributed by atoms with E-state index in [1.807, 2.05) is 5.32 Å². The van der Waals surface area contributed by atoms with Crippen molar-refractivity contribution in [3.05, 3.63) is 0 Å². The molecule has 4 amide bonds. The first kappa shape index (κ1) is 23.2. The van der Waals surface area contributed by atoms with Crippen LogP contribution < -0.4 is 27.4 Å². The van der Waals surface area contributed by atoms with Gasteiger partial charge in [-0.25, -0.2) is 4.79 Å². The molecule has 0 aliphatic carbocycles. The number of amides is 4. The van der Waals surface area contributed by atoms with Gasteiger partial charge in [0.1, 0.15) is 18.1 Å². The molecule has 13 nitrogen and oxygen atoms in total. The van der Waals surface area contributed by atoms with E-state index >= 15 is 0 Å². The molecule has 0 heterocycles. The summed E-state index contributed by atoms with van der Waals surface area (Å²) in [6.07, 6.45) is -0.431. The lowest BCUT2D eigenvalue weighted by Crippen LogP contribution is -2.58. The molecule has 0 spiro atoms. The smallest absolute Gasteiger partial charge is 0.328 e. The highest BCUT2D eigenvalue weighted by Crippen LogP contribution is 1.93. The summed E-state index contributed by atoms with van der Waals surface area (Å²) < 4.78 is 0. The fraction of sp³-hybridized carbons (Fsp3) is 0.615. The van der Waals surface area contributed by atoms with Crippen LogP contribution in [0.25, 0.3) is 0 Å². The third kappa shape index (κ3) is 7.87. The second-order valence-electron chi connectivity index (χ2n) is 5.33. The van der Waals surface area contributed by atoms with Gasteiger partial charge >= 0.3 is 5.97 Å². The Morgan fingerprint density at radius 1 is 0.885 bits per heavy atom. The number of aliphatic hydroxyl groups is 2. The number of aliphatic carboxylic acids is 1. The summed E-state index contributed by atoms with van der Waals surface area (Å²) in [6, 6.07) is -5.58. The van der Waals surface area contributed by atoms with E-state index in [1.165, 1.54) is 6.92 Å². The molecule has 4 unspecified atom stereocenters. The first-order chi connectivity index (χ1) is 12.0. The Hall–Kier alpha value is -2.77. The number of nitrogens with two attached hydrogens (primary N) is 2. The molecule has 0 aliphatic heterocycles. The lowest BCUT2D eigenvalue weighted by atomic mass is 10.1. The molecule has 4 atom stereocenters. The van der Waals surface area contributed by atoms with Gasteiger partial charge in [-0.05, 0) is 6.92 Å². The number of primary amides is 1. The van der Waals surface area contributed by atoms with Gasteiger partial charge in [0, 0.05) is 0 Å². The fourth-order valence-electron chi connectivity index (χ4n) is 1.64. The van der Waals surface area contributed by atoms with Gasteiger partial charge in [0.15, 0.2) is 0 Å². The average Bonchev–Trinajstić information content (AvgIpc) is 2.55. The summed E-state index contributed by atoms with van der Waals surface area (Å²) >= 11 is 0. The minimum Gasteiger partial charge on any atom is -0.480 e. The maximum absolute atomic E-state index is 12.0. The Morgan fingerprint density at radius 2 is 1.38 bits per heavy atom. The lowest BCUT2D eigenvalue weighted by molar-refractivity contribution is -0.143. The van der Waals surface area contributed by atoms with Gasteiger partial charge in [-0.2, -0.15) is 0 Å². The molecule has 26 heavy (non-hydrogen) atoms. The van der Waals surface area contributed by atoms with Gasteiger partial charge in [0.2, 0.25) is 23.6 Å². The summed E-state index contributed by atoms with van der Waals surface area (Å²) in [4.78, 5) is 57.0. The van der Waals surface area contributed by atoms with E-state index in [0.29, 0.717) is 0 Å². The summed E-state index contributed by atoms with van der Waals surface area (Å²) in [5.74, 6) is -5.07. The van der Waals surface area contributed by atoms with Crippen LogP contribution in [0.15, 0.2) is 0 Å². The summed E-state index contributed by atoms with van der Waals surface area (Å²) in [6.45, 7) is -0.501. The fourth-order valence-corrected chi connectivity index (χ4v) is 1.64. The highest BCUT2D eigenvalue weighted by molar-refractivity contribution is 5.94. The normalized spacial score (nSPS) is 15.1. The van der Waals surface area contributed by atoms with E-state index < -0.39 is 73.4 Å². The highest BCUT2D eigenvalue weighted by atomic mass is 16.4. The summed E-state index contributed by atoms with van der Waals surface area (Å²) in [5.41, 5.74) is 10.3. The van der Waals surface area contributed by atoms with Crippen molar-refractivity contribution in [2.24, 2.45) is 11.5 Å². The maximum Gasteiger partial charge on any atom is 0.328 e. The minimum atomic E-state index is -1.61. The predicted octanol–water partition coefficient (Wildman–Crippen LogP) is -5.27. The zero-order valence-electron chi connectivity index (χ0n) is 14.0. The number of hydrogen-bond acceptors (Lipinski definition) is 8. The molecular formula is C13H23N5O8. The van der Waals surface area contributed by atoms with Crippen LogP contribution in [-0.4, -0.2) is 82.3 Å². The zero-order chi connectivity index (χ0) is 20.4. The van der Waals surface area contributed by atoms with Crippen molar-refractivity contribution < 1.29 is 39.3 Å². The number of carbonyl (C=O) groups excluding carboxylic acids is 4. The molecule has 0 saturated heterocycles. The van der Waals surface area contributed by atoms with Crippen LogP contribution in [0.3, 0.4) is 0 Å². The highest BCUT2D eigenvalue weighted by Gasteiger charge is 2.28. The topological polar surface area (TPSA) is 234 Å². The van der Waals surface area contributed by atoms with Crippen molar-refractivity contribution in [3.63, 3.8) is 0 Å². The largest absolute Gasteiger partial charge is 0.480 e. The molecule has 0 aromatic carbocycles. The van der Waals surface area contributed by atoms with Gasteiger partial charge < -0.3 is 42.7 Å². The Balaban J connectivity index is 4.73. The molecule has 13 heteroatoms. The number of aliphatic hydroxyl groups excluding tert-OH is 2. The third-order valence-electron chi connectivity index (χ3n) is 3.12. The molecule has 0 aromatic rings. The SMILES string of the molecule is CC(NC(=O)C(N)CC(N)=O)C(=O)NC(CO)C(=O)NC(CO)C(=O)O. The molecule has 10 N–H and O–H groups in total. The van der Waals surface area contributed by atoms with E-state index in [2.05, 4.69) is 10.6 Å². The van der Waals surface area contributed by atoms with Crippen molar-refractivity contribution in [3.8, 4) is 0 Å². The number of carboxylic acid groups (broad SMARTS) is 1. The van der Waals surface area contributed by atoms with Gasteiger partial charge in [0.25, 0.3) is 0 Å². The maximum atomic E-state index is 12.0. The van der Waals surface area contributed by atoms with Crippen LogP contribution in [0.4, 0.5) is 0 Å². The van der Waals surface area contributed by atoms with E-state index in [4.69, 9.17) is 21.7 Å². The number of carboxylic acids is 1. The quantitative estimate of drug-likeness (QED) is 0.171. The molecule has 0 aromatic heterocycles. The Bertz CT molecular complexity index is 555. The average molecular weight is 377 g/mol. The van der Waals surface area contributed by atoms with E-state index in [0.717, 1.165) is 0 Å². The van der Waals surface area contributed by atoms with Crippen molar-refractivity contribution in [1.29, 1.82) is 0 Å². The lowest BCUT2D eigenvalue weighted by Gasteiger charge is -2.21. The van der Waals surface area contributed by atoms with Crippen LogP contribution >= 0.6 is 0 Å². The van der Waals surface area contributed by atoms with Crippen LogP contribution in [0, 0.1) is 0 Å². The van der Waals surface area contributed by atoms with Crippen molar-refractivity contribution in [2.45, 2.75) is 37.5 Å². The Morgan fingerprint density at radius 3 is 1.81 bits per heavy atom. The molecule has 148 valence electrons. The molecule has 0 radical (unpaired) electrons. The van der Waals surface area contributed by atoms with Crippen LogP contribution in [-0.2, 0) is 24.0 Å². The first-order valence-corrected chi connectivity index (χ1v) is 7.43. The molecule has 0 saturated carbocycles. The van der Waals surface area contributed by atoms with E-state index in [-0.39, 0.29) is 0 Å². The standard InChI is InChI=1S/C13H23N5O8/c1-5(16-11(23)6(14)2-9(15)21)10(22)17-7(3-19)12(24)18-8(4-20)13(25)26/h5-8,19-20H,2-4,14H2,1H3,(H2,15,21)(H,16,23)(H,17,22)(H,18,24)(H,25,26). The molecule has 0 bridgehead atoms. The Labute approximate surface area is 148 Å². The van der Waals surface area contributed by atoms with E-state index in [1.54, 1.807) is 0 Å². The second-order valence-corrected chi connectivity index (χ2v) is 5.33. The van der Waals surface area contributed by atoms with E-state index in [9.17, 15) is 29.1 Å². The van der Waals surface area contributed by atoms with Gasteiger partial charge in [0.05, 0.1) is 25.7 Å². The predicted molar refractivity (Wildman–Crippen MR) is 85.1 cm³/mol. The summed E-state index contributed by atoms with van der Waals surface area (Å²) in [5, 5.41) is 33.0. The summed E-state index contributed by atoms with van der Waals surface area (Å²) in [7, 11) is 0. The van der Waals surface area contributed by atoms with Gasteiger partial charge in [-0.15, -0.1) is 0 Å². The minimum absolute atomic E-state index is 0.431. The molecule has 0 rings (SSSR count). The molecule has 0 aliphatic rings. The molecular weight excluding hydrogens is 354 g/mol. The first-order valence-electron chi connectivity index (χ1n) is 7.43. The Kier molecular flexibility index (Phi) is 9.80. The van der Waals surface area contributed by atoms with Crippen LogP contribution in [0.2, 0.25) is 0 Å². The number of rotatable bonds is 11. The van der Waals surface area contributed by atoms with Crippen LogP contribution in [0.5, 0.6) is 0 Å². The monoisotopic (exact) mass is 377 g/mol. The van der Waals surface area contributed by atoms with Crippen molar-refractivity contribution in [1.82, 2.24) is 16.0 Å². The third-order valence-corrected chi connectivity index (χ3v) is 3.12. The van der Waals surface area contributed by atoms with Crippen molar-refractivity contribution in [2.75, 3.05) is 13.2 Å². The number of hydrogen-bond donors (Lipinski definition) is 8.